The molecule has 0 fully saturated rings. The molecule has 5 rings (SSSR count). The number of hydrogen-bond acceptors (Lipinski definition) is 1. The summed E-state index contributed by atoms with van der Waals surface area (Å²) >= 11 is 6.29. The first kappa shape index (κ1) is 15.0. The number of fused-ring (bicyclic) bond motifs is 5. The number of allylic oxidation sites excluding steroid dienone is 1. The lowest BCUT2D eigenvalue weighted by Gasteiger charge is -2.29. The zero-order valence-corrected chi connectivity index (χ0v) is 14.7. The standard InChI is InChI=1S/C23H19ClO/c24-18-9-6-15-7-11-21-20(22(15)14-18)10-8-16-3-1-4-17(23(16)21)13-19-5-2-12-25-19/h1-3,5-6,8-10,12,14,17H,4,7,11,13H2. The van der Waals surface area contributed by atoms with Crippen LogP contribution in [0.25, 0.3) is 17.2 Å². The Morgan fingerprint density at radius 1 is 1.04 bits per heavy atom. The molecule has 2 aromatic carbocycles. The molecule has 0 aliphatic heterocycles. The average molecular weight is 347 g/mol. The van der Waals surface area contributed by atoms with Gasteiger partial charge in [-0.25, -0.2) is 0 Å². The minimum absolute atomic E-state index is 0.488. The molecule has 2 aliphatic carbocycles. The minimum atomic E-state index is 0.488. The maximum absolute atomic E-state index is 6.29. The van der Waals surface area contributed by atoms with Crippen molar-refractivity contribution in [2.24, 2.45) is 0 Å². The second-order valence-electron chi connectivity index (χ2n) is 7.01. The number of halogens is 1. The Bertz CT molecular complexity index is 966. The summed E-state index contributed by atoms with van der Waals surface area (Å²) in [6.07, 6.45) is 10.6. The lowest BCUT2D eigenvalue weighted by molar-refractivity contribution is 0.484. The number of benzene rings is 2. The average Bonchev–Trinajstić information content (AvgIpc) is 3.14. The van der Waals surface area contributed by atoms with Gasteiger partial charge in [-0.1, -0.05) is 42.0 Å². The third kappa shape index (κ3) is 2.54. The van der Waals surface area contributed by atoms with Crippen LogP contribution in [0, 0.1) is 0 Å². The van der Waals surface area contributed by atoms with Gasteiger partial charge < -0.3 is 4.42 Å². The summed E-state index contributed by atoms with van der Waals surface area (Å²) < 4.78 is 5.63. The van der Waals surface area contributed by atoms with Crippen molar-refractivity contribution in [3.63, 3.8) is 0 Å². The van der Waals surface area contributed by atoms with E-state index in [1.807, 2.05) is 12.1 Å². The predicted octanol–water partition coefficient (Wildman–Crippen LogP) is 6.44. The fraction of sp³-hybridized carbons (Fsp3) is 0.217. The van der Waals surface area contributed by atoms with E-state index in [1.165, 1.54) is 33.4 Å². The molecule has 25 heavy (non-hydrogen) atoms. The van der Waals surface area contributed by atoms with Crippen LogP contribution in [0.3, 0.4) is 0 Å². The summed E-state index contributed by atoms with van der Waals surface area (Å²) in [5.41, 5.74) is 8.47. The Labute approximate surface area is 152 Å². The van der Waals surface area contributed by atoms with Crippen LogP contribution in [-0.4, -0.2) is 0 Å². The number of rotatable bonds is 2. The number of furan rings is 1. The van der Waals surface area contributed by atoms with E-state index in [0.717, 1.165) is 36.5 Å². The third-order valence-electron chi connectivity index (χ3n) is 5.55. The molecule has 1 atom stereocenters. The van der Waals surface area contributed by atoms with E-state index in [9.17, 15) is 0 Å². The molecule has 1 unspecified atom stereocenters. The van der Waals surface area contributed by atoms with Gasteiger partial charge in [0.25, 0.3) is 0 Å². The summed E-state index contributed by atoms with van der Waals surface area (Å²) in [5.74, 6) is 1.56. The molecule has 1 aromatic heterocycles. The molecule has 0 radical (unpaired) electrons. The van der Waals surface area contributed by atoms with Gasteiger partial charge in [-0.2, -0.15) is 0 Å². The lowest BCUT2D eigenvalue weighted by Crippen LogP contribution is -2.14. The van der Waals surface area contributed by atoms with Crippen LogP contribution in [0.15, 0.2) is 59.2 Å². The fourth-order valence-corrected chi connectivity index (χ4v) is 4.62. The smallest absolute Gasteiger partial charge is 0.104 e. The molecule has 2 heteroatoms. The lowest BCUT2D eigenvalue weighted by atomic mass is 9.75. The molecule has 124 valence electrons. The maximum Gasteiger partial charge on any atom is 0.104 e. The Morgan fingerprint density at radius 3 is 2.88 bits per heavy atom. The van der Waals surface area contributed by atoms with Crippen molar-refractivity contribution < 1.29 is 4.42 Å². The molecule has 0 spiro atoms. The molecule has 1 heterocycles. The zero-order valence-electron chi connectivity index (χ0n) is 14.0. The van der Waals surface area contributed by atoms with Gasteiger partial charge in [0.2, 0.25) is 0 Å². The molecule has 2 aliphatic rings. The Balaban J connectivity index is 1.66. The summed E-state index contributed by atoms with van der Waals surface area (Å²) in [6.45, 7) is 0. The number of aryl methyl sites for hydroxylation is 1. The molecule has 0 N–H and O–H groups in total. The second kappa shape index (κ2) is 5.93. The van der Waals surface area contributed by atoms with E-state index in [1.54, 1.807) is 6.26 Å². The van der Waals surface area contributed by atoms with Gasteiger partial charge in [-0.15, -0.1) is 0 Å². The van der Waals surface area contributed by atoms with Crippen molar-refractivity contribution in [2.75, 3.05) is 0 Å². The summed E-state index contributed by atoms with van der Waals surface area (Å²) in [4.78, 5) is 0. The molecular weight excluding hydrogens is 328 g/mol. The zero-order chi connectivity index (χ0) is 16.8. The van der Waals surface area contributed by atoms with Gasteiger partial charge in [0.05, 0.1) is 6.26 Å². The molecule has 0 amide bonds. The van der Waals surface area contributed by atoms with Gasteiger partial charge in [-0.05, 0) is 82.8 Å². The van der Waals surface area contributed by atoms with Crippen LogP contribution in [0.5, 0.6) is 0 Å². The first-order valence-corrected chi connectivity index (χ1v) is 9.31. The predicted molar refractivity (Wildman–Crippen MR) is 103 cm³/mol. The van der Waals surface area contributed by atoms with Crippen LogP contribution < -0.4 is 0 Å². The molecule has 0 saturated carbocycles. The van der Waals surface area contributed by atoms with E-state index in [0.29, 0.717) is 5.92 Å². The summed E-state index contributed by atoms with van der Waals surface area (Å²) in [7, 11) is 0. The summed E-state index contributed by atoms with van der Waals surface area (Å²) in [6, 6.07) is 14.9. The quantitative estimate of drug-likeness (QED) is 0.520. The third-order valence-corrected chi connectivity index (χ3v) is 5.79. The normalized spacial score (nSPS) is 17.7. The van der Waals surface area contributed by atoms with Crippen LogP contribution in [0.2, 0.25) is 5.02 Å². The van der Waals surface area contributed by atoms with Crippen LogP contribution in [0.1, 0.15) is 40.4 Å². The fourth-order valence-electron chi connectivity index (χ4n) is 4.44. The molecule has 0 saturated heterocycles. The molecule has 1 nitrogen and oxygen atoms in total. The van der Waals surface area contributed by atoms with E-state index >= 15 is 0 Å². The van der Waals surface area contributed by atoms with Gasteiger partial charge in [-0.3, -0.25) is 0 Å². The first-order chi connectivity index (χ1) is 12.3. The van der Waals surface area contributed by atoms with Gasteiger partial charge in [0.15, 0.2) is 0 Å². The highest BCUT2D eigenvalue weighted by atomic mass is 35.5. The van der Waals surface area contributed by atoms with Crippen molar-refractivity contribution >= 4 is 17.7 Å². The second-order valence-corrected chi connectivity index (χ2v) is 7.45. The van der Waals surface area contributed by atoms with Crippen LogP contribution in [-0.2, 0) is 19.3 Å². The molecule has 3 aromatic rings. The maximum atomic E-state index is 6.29. The van der Waals surface area contributed by atoms with Gasteiger partial charge >= 0.3 is 0 Å². The topological polar surface area (TPSA) is 13.1 Å². The van der Waals surface area contributed by atoms with Crippen molar-refractivity contribution in [1.82, 2.24) is 0 Å². The monoisotopic (exact) mass is 346 g/mol. The van der Waals surface area contributed by atoms with Crippen molar-refractivity contribution in [2.45, 2.75) is 31.6 Å². The van der Waals surface area contributed by atoms with Crippen molar-refractivity contribution in [3.05, 3.63) is 87.8 Å². The van der Waals surface area contributed by atoms with E-state index < -0.39 is 0 Å². The SMILES string of the molecule is Clc1ccc2c(c1)-c1ccc3c(c1CC2)C(Cc1ccco1)CC=C3. The molecular formula is C23H19ClO. The Morgan fingerprint density at radius 2 is 2.00 bits per heavy atom. The minimum Gasteiger partial charge on any atom is -0.469 e. The molecule has 0 bridgehead atoms. The van der Waals surface area contributed by atoms with E-state index in [2.05, 4.69) is 42.5 Å². The largest absolute Gasteiger partial charge is 0.469 e. The van der Waals surface area contributed by atoms with Crippen molar-refractivity contribution in [3.8, 4) is 11.1 Å². The highest BCUT2D eigenvalue weighted by Crippen LogP contribution is 2.43. The summed E-state index contributed by atoms with van der Waals surface area (Å²) in [5, 5.41) is 0.816. The van der Waals surface area contributed by atoms with E-state index in [-0.39, 0.29) is 0 Å². The van der Waals surface area contributed by atoms with Crippen LogP contribution in [0.4, 0.5) is 0 Å². The van der Waals surface area contributed by atoms with E-state index in [4.69, 9.17) is 16.0 Å². The number of hydrogen-bond donors (Lipinski definition) is 0. The highest BCUT2D eigenvalue weighted by molar-refractivity contribution is 6.30. The Kier molecular flexibility index (Phi) is 3.57. The first-order valence-electron chi connectivity index (χ1n) is 8.93. The van der Waals surface area contributed by atoms with Crippen molar-refractivity contribution in [1.29, 1.82) is 0 Å². The van der Waals surface area contributed by atoms with Gasteiger partial charge in [0, 0.05) is 11.4 Å². The Hall–Kier alpha value is -2.25. The van der Waals surface area contributed by atoms with Gasteiger partial charge in [0.1, 0.15) is 5.76 Å². The van der Waals surface area contributed by atoms with Crippen LogP contribution >= 0.6 is 11.6 Å². The highest BCUT2D eigenvalue weighted by Gasteiger charge is 2.26.